The smallest absolute Gasteiger partial charge is 0.170 e. The number of alkyl halides is 3. The Balaban J connectivity index is 2.43. The van der Waals surface area contributed by atoms with E-state index >= 15 is 0 Å². The van der Waals surface area contributed by atoms with Gasteiger partial charge in [-0.3, -0.25) is 0 Å². The first-order valence-corrected chi connectivity index (χ1v) is 8.26. The zero-order valence-electron chi connectivity index (χ0n) is 11.3. The standard InChI is InChI=1S/C16H9BrCl3F3/c17-11-3-1-2-9(6-11)4-5-12(16(21,22)23)10-7-13(18)15(20)14(19)8-10/h1-8,12H. The van der Waals surface area contributed by atoms with Crippen LogP contribution >= 0.6 is 50.7 Å². The highest BCUT2D eigenvalue weighted by Gasteiger charge is 2.39. The van der Waals surface area contributed by atoms with Gasteiger partial charge in [-0.2, -0.15) is 13.2 Å². The van der Waals surface area contributed by atoms with Crippen molar-refractivity contribution in [2.75, 3.05) is 0 Å². The molecule has 0 aliphatic heterocycles. The second-order valence-corrected chi connectivity index (χ2v) is 6.84. The van der Waals surface area contributed by atoms with Gasteiger partial charge in [0.1, 0.15) is 0 Å². The Labute approximate surface area is 155 Å². The van der Waals surface area contributed by atoms with Crippen LogP contribution in [0.25, 0.3) is 6.08 Å². The summed E-state index contributed by atoms with van der Waals surface area (Å²) in [6.07, 6.45) is -2.01. The molecule has 0 radical (unpaired) electrons. The molecule has 0 fully saturated rings. The summed E-state index contributed by atoms with van der Waals surface area (Å²) in [6, 6.07) is 9.31. The minimum absolute atomic E-state index is 0.0146. The predicted molar refractivity (Wildman–Crippen MR) is 93.4 cm³/mol. The van der Waals surface area contributed by atoms with Crippen LogP contribution in [0.1, 0.15) is 17.0 Å². The van der Waals surface area contributed by atoms with E-state index in [9.17, 15) is 13.2 Å². The summed E-state index contributed by atoms with van der Waals surface area (Å²) in [7, 11) is 0. The van der Waals surface area contributed by atoms with Crippen molar-refractivity contribution >= 4 is 56.8 Å². The average Bonchev–Trinajstić information content (AvgIpc) is 2.43. The molecular formula is C16H9BrCl3F3. The fraction of sp³-hybridized carbons (Fsp3) is 0.125. The molecule has 0 spiro atoms. The van der Waals surface area contributed by atoms with Gasteiger partial charge in [0, 0.05) is 4.47 Å². The van der Waals surface area contributed by atoms with E-state index in [1.165, 1.54) is 18.2 Å². The number of hydrogen-bond donors (Lipinski definition) is 0. The van der Waals surface area contributed by atoms with E-state index in [2.05, 4.69) is 15.9 Å². The predicted octanol–water partition coefficient (Wildman–Crippen LogP) is 7.77. The molecule has 0 aromatic heterocycles. The van der Waals surface area contributed by atoms with Crippen LogP contribution in [0.5, 0.6) is 0 Å². The molecular weight excluding hydrogens is 435 g/mol. The molecule has 23 heavy (non-hydrogen) atoms. The van der Waals surface area contributed by atoms with Crippen LogP contribution in [-0.4, -0.2) is 6.18 Å². The van der Waals surface area contributed by atoms with Crippen LogP contribution in [0.15, 0.2) is 46.9 Å². The van der Waals surface area contributed by atoms with E-state index in [4.69, 9.17) is 34.8 Å². The van der Waals surface area contributed by atoms with Crippen LogP contribution in [0.2, 0.25) is 15.1 Å². The lowest BCUT2D eigenvalue weighted by Crippen LogP contribution is -2.19. The molecule has 0 aliphatic rings. The van der Waals surface area contributed by atoms with E-state index < -0.39 is 12.1 Å². The summed E-state index contributed by atoms with van der Waals surface area (Å²) in [5.41, 5.74) is 0.572. The molecule has 1 unspecified atom stereocenters. The number of hydrogen-bond acceptors (Lipinski definition) is 0. The molecule has 2 aromatic carbocycles. The van der Waals surface area contributed by atoms with Gasteiger partial charge in [0.05, 0.1) is 21.0 Å². The van der Waals surface area contributed by atoms with Crippen molar-refractivity contribution in [1.29, 1.82) is 0 Å². The molecule has 122 valence electrons. The van der Waals surface area contributed by atoms with E-state index in [0.29, 0.717) is 5.56 Å². The largest absolute Gasteiger partial charge is 0.399 e. The highest BCUT2D eigenvalue weighted by atomic mass is 79.9. The molecule has 0 N–H and O–H groups in total. The zero-order valence-corrected chi connectivity index (χ0v) is 15.2. The second-order valence-electron chi connectivity index (χ2n) is 4.73. The minimum Gasteiger partial charge on any atom is -0.170 e. The topological polar surface area (TPSA) is 0 Å². The van der Waals surface area contributed by atoms with E-state index in [0.717, 1.165) is 10.5 Å². The zero-order chi connectivity index (χ0) is 17.2. The minimum atomic E-state index is -4.48. The van der Waals surface area contributed by atoms with E-state index in [-0.39, 0.29) is 20.6 Å². The lowest BCUT2D eigenvalue weighted by atomic mass is 9.97. The highest BCUT2D eigenvalue weighted by Crippen LogP contribution is 2.41. The second kappa shape index (κ2) is 7.47. The summed E-state index contributed by atoms with van der Waals surface area (Å²) < 4.78 is 40.9. The molecule has 0 amide bonds. The van der Waals surface area contributed by atoms with Crippen molar-refractivity contribution in [3.8, 4) is 0 Å². The Morgan fingerprint density at radius 1 is 1.00 bits per heavy atom. The molecule has 0 bridgehead atoms. The van der Waals surface area contributed by atoms with Crippen molar-refractivity contribution in [2.24, 2.45) is 0 Å². The van der Waals surface area contributed by atoms with Gasteiger partial charge in [0.25, 0.3) is 0 Å². The number of halogens is 7. The first-order valence-electron chi connectivity index (χ1n) is 6.33. The Bertz CT molecular complexity index is 719. The third kappa shape index (κ3) is 4.90. The van der Waals surface area contributed by atoms with Gasteiger partial charge >= 0.3 is 6.18 Å². The van der Waals surface area contributed by atoms with Crippen LogP contribution < -0.4 is 0 Å². The summed E-state index contributed by atoms with van der Waals surface area (Å²) in [4.78, 5) is 0. The third-order valence-corrected chi connectivity index (χ3v) is 4.74. The van der Waals surface area contributed by atoms with Gasteiger partial charge in [0.15, 0.2) is 0 Å². The fourth-order valence-corrected chi connectivity index (χ4v) is 3.01. The number of benzene rings is 2. The maximum absolute atomic E-state index is 13.4. The maximum Gasteiger partial charge on any atom is 0.399 e. The summed E-state index contributed by atoms with van der Waals surface area (Å²) >= 11 is 20.7. The fourth-order valence-electron chi connectivity index (χ4n) is 1.98. The van der Waals surface area contributed by atoms with Crippen molar-refractivity contribution in [3.05, 3.63) is 73.1 Å². The monoisotopic (exact) mass is 442 g/mol. The molecule has 7 heteroatoms. The Morgan fingerprint density at radius 3 is 2.13 bits per heavy atom. The van der Waals surface area contributed by atoms with Gasteiger partial charge in [-0.25, -0.2) is 0 Å². The van der Waals surface area contributed by atoms with Crippen LogP contribution in [0.4, 0.5) is 13.2 Å². The van der Waals surface area contributed by atoms with Crippen LogP contribution in [-0.2, 0) is 0 Å². The lowest BCUT2D eigenvalue weighted by molar-refractivity contribution is -0.139. The number of allylic oxidation sites excluding steroid dienone is 1. The molecule has 2 rings (SSSR count). The highest BCUT2D eigenvalue weighted by molar-refractivity contribution is 9.10. The first kappa shape index (κ1) is 18.7. The molecule has 0 saturated carbocycles. The van der Waals surface area contributed by atoms with Crippen molar-refractivity contribution in [2.45, 2.75) is 12.1 Å². The van der Waals surface area contributed by atoms with Gasteiger partial charge in [-0.05, 0) is 35.4 Å². The average molecular weight is 445 g/mol. The van der Waals surface area contributed by atoms with Gasteiger partial charge in [-0.1, -0.05) is 75.0 Å². The molecule has 0 aliphatic carbocycles. The molecule has 1 atom stereocenters. The van der Waals surface area contributed by atoms with Crippen molar-refractivity contribution < 1.29 is 13.2 Å². The summed E-state index contributed by atoms with van der Waals surface area (Å²) in [5, 5.41) is 0.00696. The van der Waals surface area contributed by atoms with E-state index in [1.54, 1.807) is 24.3 Å². The Hall–Kier alpha value is -0.680. The molecule has 0 heterocycles. The lowest BCUT2D eigenvalue weighted by Gasteiger charge is -2.18. The summed E-state index contributed by atoms with van der Waals surface area (Å²) in [5.74, 6) is -1.84. The SMILES string of the molecule is FC(F)(F)C(C=Cc1cccc(Br)c1)c1cc(Cl)c(Cl)c(Cl)c1. The molecule has 0 saturated heterocycles. The molecule has 2 aromatic rings. The van der Waals surface area contributed by atoms with Crippen molar-refractivity contribution in [3.63, 3.8) is 0 Å². The van der Waals surface area contributed by atoms with Crippen LogP contribution in [0, 0.1) is 0 Å². The van der Waals surface area contributed by atoms with Gasteiger partial charge < -0.3 is 0 Å². The maximum atomic E-state index is 13.4. The summed E-state index contributed by atoms with van der Waals surface area (Å²) in [6.45, 7) is 0. The van der Waals surface area contributed by atoms with E-state index in [1.807, 2.05) is 0 Å². The first-order chi connectivity index (χ1) is 10.7. The quantitative estimate of drug-likeness (QED) is 0.424. The third-order valence-electron chi connectivity index (χ3n) is 3.05. The molecule has 0 nitrogen and oxygen atoms in total. The van der Waals surface area contributed by atoms with Gasteiger partial charge in [0.2, 0.25) is 0 Å². The number of rotatable bonds is 3. The van der Waals surface area contributed by atoms with Crippen molar-refractivity contribution in [1.82, 2.24) is 0 Å². The Morgan fingerprint density at radius 2 is 1.61 bits per heavy atom. The van der Waals surface area contributed by atoms with Gasteiger partial charge in [-0.15, -0.1) is 0 Å². The van der Waals surface area contributed by atoms with Crippen LogP contribution in [0.3, 0.4) is 0 Å². The normalized spacial score (nSPS) is 13.5. The Kier molecular flexibility index (Phi) is 6.06.